The predicted octanol–water partition coefficient (Wildman–Crippen LogP) is 3.36. The van der Waals surface area contributed by atoms with Crippen LogP contribution in [0.2, 0.25) is 0 Å². The molecule has 0 unspecified atom stereocenters. The van der Waals surface area contributed by atoms with Crippen LogP contribution in [0.25, 0.3) is 0 Å². The van der Waals surface area contributed by atoms with E-state index in [1.54, 1.807) is 48.2 Å². The lowest BCUT2D eigenvalue weighted by atomic mass is 10.1. The molecule has 0 radical (unpaired) electrons. The molecular formula is C22H25FN4OS. The molecule has 0 fully saturated rings. The number of rotatable bonds is 8. The van der Waals surface area contributed by atoms with Gasteiger partial charge in [0.2, 0.25) is 5.91 Å². The number of thioether (sulfide) groups is 1. The highest BCUT2D eigenvalue weighted by Crippen LogP contribution is 2.17. The molecule has 0 aromatic heterocycles. The molecule has 5 nitrogen and oxygen atoms in total. The molecule has 0 aliphatic heterocycles. The molecule has 7 heteroatoms. The van der Waals surface area contributed by atoms with Crippen LogP contribution in [0.5, 0.6) is 0 Å². The van der Waals surface area contributed by atoms with Gasteiger partial charge in [0.05, 0.1) is 13.1 Å². The van der Waals surface area contributed by atoms with Gasteiger partial charge in [0.1, 0.15) is 5.82 Å². The first-order chi connectivity index (χ1) is 14.0. The van der Waals surface area contributed by atoms with E-state index in [9.17, 15) is 9.18 Å². The average Bonchev–Trinajstić information content (AvgIpc) is 2.71. The van der Waals surface area contributed by atoms with Crippen LogP contribution in [-0.4, -0.2) is 31.2 Å². The maximum absolute atomic E-state index is 13.5. The quantitative estimate of drug-likeness (QED) is 0.353. The van der Waals surface area contributed by atoms with Crippen LogP contribution in [-0.2, 0) is 17.1 Å². The summed E-state index contributed by atoms with van der Waals surface area (Å²) in [6.45, 7) is 3.03. The topological polar surface area (TPSA) is 65.5 Å². The van der Waals surface area contributed by atoms with Gasteiger partial charge in [-0.15, -0.1) is 6.42 Å². The van der Waals surface area contributed by atoms with Gasteiger partial charge in [-0.25, -0.2) is 9.38 Å². The highest BCUT2D eigenvalue weighted by atomic mass is 32.2. The molecule has 0 atom stereocenters. The second-order valence-electron chi connectivity index (χ2n) is 6.17. The van der Waals surface area contributed by atoms with Gasteiger partial charge in [0.15, 0.2) is 5.96 Å². The van der Waals surface area contributed by atoms with E-state index < -0.39 is 0 Å². The zero-order valence-electron chi connectivity index (χ0n) is 16.6. The van der Waals surface area contributed by atoms with Crippen LogP contribution in [0, 0.1) is 18.2 Å². The molecule has 0 bridgehead atoms. The van der Waals surface area contributed by atoms with Gasteiger partial charge in [0.25, 0.3) is 0 Å². The number of halogens is 1. The van der Waals surface area contributed by atoms with E-state index in [4.69, 9.17) is 6.42 Å². The van der Waals surface area contributed by atoms with Crippen LogP contribution in [0.1, 0.15) is 23.6 Å². The largest absolute Gasteiger partial charge is 0.357 e. The Hall–Kier alpha value is -2.98. The number of carbonyl (C=O) groups is 1. The summed E-state index contributed by atoms with van der Waals surface area (Å²) in [4.78, 5) is 16.7. The van der Waals surface area contributed by atoms with Gasteiger partial charge in [-0.2, -0.15) is 11.8 Å². The Labute approximate surface area is 175 Å². The smallest absolute Gasteiger partial charge is 0.243 e. The summed E-state index contributed by atoms with van der Waals surface area (Å²) in [6.07, 6.45) is 7.35. The number of nitrogens with zero attached hydrogens (tertiary/aromatic N) is 1. The fraction of sp³-hybridized carbons (Fsp3) is 0.273. The molecule has 0 spiro atoms. The van der Waals surface area contributed by atoms with Gasteiger partial charge in [-0.3, -0.25) is 4.79 Å². The van der Waals surface area contributed by atoms with E-state index in [0.29, 0.717) is 36.1 Å². The number of terminal acetylenes is 1. The first-order valence-corrected chi connectivity index (χ1v) is 10.6. The lowest BCUT2D eigenvalue weighted by Gasteiger charge is -2.13. The number of guanidine groups is 1. The van der Waals surface area contributed by atoms with Crippen LogP contribution in [0.15, 0.2) is 47.5 Å². The number of aliphatic imine (C=N–C) groups is 1. The Morgan fingerprint density at radius 1 is 1.21 bits per heavy atom. The van der Waals surface area contributed by atoms with Crippen molar-refractivity contribution in [3.8, 4) is 12.3 Å². The summed E-state index contributed by atoms with van der Waals surface area (Å²) in [6, 6.07) is 11.8. The highest BCUT2D eigenvalue weighted by molar-refractivity contribution is 7.97. The number of nitrogens with one attached hydrogen (secondary N) is 3. The minimum Gasteiger partial charge on any atom is -0.357 e. The SMILES string of the molecule is C#Cc1cccc(NC(=O)CNC(=NCc2ccc(F)cc2CSC)NCC)c1. The van der Waals surface area contributed by atoms with Crippen LogP contribution < -0.4 is 16.0 Å². The zero-order chi connectivity index (χ0) is 21.1. The van der Waals surface area contributed by atoms with Crippen molar-refractivity contribution in [2.75, 3.05) is 24.7 Å². The van der Waals surface area contributed by atoms with Crippen molar-refractivity contribution >= 4 is 29.3 Å². The summed E-state index contributed by atoms with van der Waals surface area (Å²) >= 11 is 1.63. The first kappa shape index (κ1) is 22.3. The van der Waals surface area contributed by atoms with Crippen molar-refractivity contribution in [3.05, 3.63) is 65.0 Å². The third-order valence-electron chi connectivity index (χ3n) is 3.95. The van der Waals surface area contributed by atoms with Crippen molar-refractivity contribution in [3.63, 3.8) is 0 Å². The molecule has 0 saturated carbocycles. The Morgan fingerprint density at radius 2 is 2.03 bits per heavy atom. The van der Waals surface area contributed by atoms with Crippen molar-refractivity contribution in [1.82, 2.24) is 10.6 Å². The van der Waals surface area contributed by atoms with Gasteiger partial charge in [-0.1, -0.05) is 18.1 Å². The molecule has 0 aliphatic carbocycles. The van der Waals surface area contributed by atoms with E-state index >= 15 is 0 Å². The molecular weight excluding hydrogens is 387 g/mol. The number of hydrogen-bond donors (Lipinski definition) is 3. The molecule has 2 aromatic carbocycles. The molecule has 1 amide bonds. The number of amides is 1. The lowest BCUT2D eigenvalue weighted by Crippen LogP contribution is -2.41. The minimum absolute atomic E-state index is 0.0488. The van der Waals surface area contributed by atoms with Crippen molar-refractivity contribution in [2.24, 2.45) is 4.99 Å². The molecule has 0 heterocycles. The van der Waals surface area contributed by atoms with E-state index in [0.717, 1.165) is 11.1 Å². The van der Waals surface area contributed by atoms with Gasteiger partial charge < -0.3 is 16.0 Å². The summed E-state index contributed by atoms with van der Waals surface area (Å²) in [7, 11) is 0. The second kappa shape index (κ2) is 11.8. The molecule has 2 aromatic rings. The van der Waals surface area contributed by atoms with E-state index in [2.05, 4.69) is 26.9 Å². The second-order valence-corrected chi connectivity index (χ2v) is 7.03. The summed E-state index contributed by atoms with van der Waals surface area (Å²) in [5.41, 5.74) is 3.21. The highest BCUT2D eigenvalue weighted by Gasteiger charge is 2.07. The summed E-state index contributed by atoms with van der Waals surface area (Å²) in [5.74, 6) is 3.30. The average molecular weight is 413 g/mol. The number of anilines is 1. The van der Waals surface area contributed by atoms with Crippen LogP contribution >= 0.6 is 11.8 Å². The minimum atomic E-state index is -0.252. The van der Waals surface area contributed by atoms with Gasteiger partial charge in [-0.05, 0) is 54.6 Å². The van der Waals surface area contributed by atoms with Crippen molar-refractivity contribution < 1.29 is 9.18 Å². The number of carbonyl (C=O) groups excluding carboxylic acids is 1. The maximum Gasteiger partial charge on any atom is 0.243 e. The first-order valence-electron chi connectivity index (χ1n) is 9.20. The Morgan fingerprint density at radius 3 is 2.76 bits per heavy atom. The summed E-state index contributed by atoms with van der Waals surface area (Å²) in [5, 5.41) is 8.91. The lowest BCUT2D eigenvalue weighted by molar-refractivity contribution is -0.115. The van der Waals surface area contributed by atoms with E-state index in [1.807, 2.05) is 13.2 Å². The maximum atomic E-state index is 13.5. The van der Waals surface area contributed by atoms with Crippen LogP contribution in [0.4, 0.5) is 10.1 Å². The third kappa shape index (κ3) is 7.51. The number of hydrogen-bond acceptors (Lipinski definition) is 3. The van der Waals surface area contributed by atoms with Crippen molar-refractivity contribution in [1.29, 1.82) is 0 Å². The van der Waals surface area contributed by atoms with Crippen molar-refractivity contribution in [2.45, 2.75) is 19.2 Å². The Bertz CT molecular complexity index is 908. The fourth-order valence-electron chi connectivity index (χ4n) is 2.60. The molecule has 2 rings (SSSR count). The molecule has 3 N–H and O–H groups in total. The van der Waals surface area contributed by atoms with Gasteiger partial charge >= 0.3 is 0 Å². The Balaban J connectivity index is 1.98. The standard InChI is InChI=1S/C22H25FN4OS/c1-4-16-7-6-8-20(11-16)27-21(28)14-26-22(24-5-2)25-13-17-9-10-19(23)12-18(17)15-29-3/h1,6-12H,5,13-15H2,2-3H3,(H,27,28)(H2,24,25,26). The third-order valence-corrected chi connectivity index (χ3v) is 4.55. The fourth-order valence-corrected chi connectivity index (χ4v) is 3.18. The monoisotopic (exact) mass is 412 g/mol. The molecule has 0 aliphatic rings. The van der Waals surface area contributed by atoms with Crippen LogP contribution in [0.3, 0.4) is 0 Å². The normalized spacial score (nSPS) is 10.9. The number of benzene rings is 2. The van der Waals surface area contributed by atoms with Gasteiger partial charge in [0, 0.05) is 23.5 Å². The zero-order valence-corrected chi connectivity index (χ0v) is 17.4. The molecule has 0 saturated heterocycles. The van der Waals surface area contributed by atoms with E-state index in [-0.39, 0.29) is 18.3 Å². The predicted molar refractivity (Wildman–Crippen MR) is 119 cm³/mol. The molecule has 29 heavy (non-hydrogen) atoms. The van der Waals surface area contributed by atoms with E-state index in [1.165, 1.54) is 6.07 Å². The molecule has 152 valence electrons. The Kier molecular flexibility index (Phi) is 9.06. The summed E-state index contributed by atoms with van der Waals surface area (Å²) < 4.78 is 13.5.